The minimum atomic E-state index is -1.34. The molecular weight excluding hydrogens is 376 g/mol. The van der Waals surface area contributed by atoms with Crippen molar-refractivity contribution in [3.8, 4) is 5.75 Å². The van der Waals surface area contributed by atoms with Gasteiger partial charge in [-0.3, -0.25) is 0 Å². The Labute approximate surface area is 176 Å². The minimum absolute atomic E-state index is 0.189. The third kappa shape index (κ3) is 3.33. The highest BCUT2D eigenvalue weighted by Gasteiger charge is 2.46. The number of aliphatic carboxylic acids is 1. The van der Waals surface area contributed by atoms with Crippen LogP contribution in [0.4, 0.5) is 5.69 Å². The molecule has 5 heteroatoms. The van der Waals surface area contributed by atoms with E-state index in [1.54, 1.807) is 7.11 Å². The second-order valence-electron chi connectivity index (χ2n) is 7.26. The normalized spacial score (nSPS) is 18.9. The molecule has 1 atom stereocenters. The SMILES string of the molecule is COc1ccc(C2(N)C(C(=O)O)=C(c3ccccc3)CCN2c2ccccc2)cc1. The molecule has 1 aliphatic rings. The van der Waals surface area contributed by atoms with Gasteiger partial charge < -0.3 is 20.5 Å². The van der Waals surface area contributed by atoms with Gasteiger partial charge in [-0.05, 0) is 47.4 Å². The van der Waals surface area contributed by atoms with Crippen LogP contribution in [0.1, 0.15) is 17.5 Å². The molecule has 3 aromatic rings. The van der Waals surface area contributed by atoms with Crippen LogP contribution in [-0.2, 0) is 10.5 Å². The minimum Gasteiger partial charge on any atom is -0.497 e. The Kier molecular flexibility index (Phi) is 5.29. The Morgan fingerprint density at radius 2 is 1.57 bits per heavy atom. The van der Waals surface area contributed by atoms with Gasteiger partial charge in [-0.15, -0.1) is 0 Å². The zero-order chi connectivity index (χ0) is 21.1. The van der Waals surface area contributed by atoms with Crippen LogP contribution >= 0.6 is 0 Å². The Morgan fingerprint density at radius 1 is 0.967 bits per heavy atom. The summed E-state index contributed by atoms with van der Waals surface area (Å²) in [7, 11) is 1.60. The van der Waals surface area contributed by atoms with Crippen molar-refractivity contribution in [2.45, 2.75) is 12.1 Å². The molecular formula is C25H24N2O3. The van der Waals surface area contributed by atoms with Gasteiger partial charge in [0, 0.05) is 12.2 Å². The summed E-state index contributed by atoms with van der Waals surface area (Å²) in [5.74, 6) is -0.332. The number of rotatable bonds is 5. The van der Waals surface area contributed by atoms with Gasteiger partial charge in [0.15, 0.2) is 0 Å². The van der Waals surface area contributed by atoms with Crippen molar-refractivity contribution >= 4 is 17.2 Å². The van der Waals surface area contributed by atoms with E-state index in [0.29, 0.717) is 24.3 Å². The third-order valence-electron chi connectivity index (χ3n) is 5.63. The Bertz CT molecular complexity index is 1060. The maximum absolute atomic E-state index is 12.6. The number of carboxylic acids is 1. The molecule has 1 heterocycles. The fourth-order valence-electron chi connectivity index (χ4n) is 4.20. The number of carboxylic acid groups (broad SMARTS) is 1. The molecule has 30 heavy (non-hydrogen) atoms. The fourth-order valence-corrected chi connectivity index (χ4v) is 4.20. The van der Waals surface area contributed by atoms with Crippen molar-refractivity contribution in [2.75, 3.05) is 18.6 Å². The van der Waals surface area contributed by atoms with Gasteiger partial charge in [-0.2, -0.15) is 0 Å². The summed E-state index contributed by atoms with van der Waals surface area (Å²) in [6.45, 7) is 0.591. The molecule has 1 aliphatic heterocycles. The molecule has 0 bridgehead atoms. The summed E-state index contributed by atoms with van der Waals surface area (Å²) in [4.78, 5) is 14.6. The van der Waals surface area contributed by atoms with Crippen LogP contribution in [0.3, 0.4) is 0 Å². The van der Waals surface area contributed by atoms with Crippen molar-refractivity contribution in [1.82, 2.24) is 0 Å². The predicted octanol–water partition coefficient (Wildman–Crippen LogP) is 4.26. The zero-order valence-electron chi connectivity index (χ0n) is 16.8. The van der Waals surface area contributed by atoms with E-state index in [1.807, 2.05) is 89.8 Å². The van der Waals surface area contributed by atoms with Gasteiger partial charge in [-0.1, -0.05) is 60.7 Å². The molecule has 3 aromatic carbocycles. The molecule has 152 valence electrons. The summed E-state index contributed by atoms with van der Waals surface area (Å²) in [5, 5.41) is 10.3. The zero-order valence-corrected chi connectivity index (χ0v) is 16.8. The van der Waals surface area contributed by atoms with Crippen LogP contribution in [0.15, 0.2) is 90.5 Å². The van der Waals surface area contributed by atoms with Gasteiger partial charge in [-0.25, -0.2) is 4.79 Å². The van der Waals surface area contributed by atoms with Crippen molar-refractivity contribution < 1.29 is 14.6 Å². The average Bonchev–Trinajstić information content (AvgIpc) is 2.79. The van der Waals surface area contributed by atoms with Gasteiger partial charge in [0.25, 0.3) is 0 Å². The fraction of sp³-hybridized carbons (Fsp3) is 0.160. The highest BCUT2D eigenvalue weighted by atomic mass is 16.5. The number of nitrogens with zero attached hydrogens (tertiary/aromatic N) is 1. The topological polar surface area (TPSA) is 75.8 Å². The number of hydrogen-bond acceptors (Lipinski definition) is 4. The first-order valence-electron chi connectivity index (χ1n) is 9.84. The molecule has 0 radical (unpaired) electrons. The summed E-state index contributed by atoms with van der Waals surface area (Å²) in [6, 6.07) is 26.6. The monoisotopic (exact) mass is 400 g/mol. The summed E-state index contributed by atoms with van der Waals surface area (Å²) in [6.07, 6.45) is 0.579. The number of hydrogen-bond donors (Lipinski definition) is 2. The molecule has 0 amide bonds. The van der Waals surface area contributed by atoms with Crippen molar-refractivity contribution in [3.05, 3.63) is 102 Å². The first-order chi connectivity index (χ1) is 14.6. The second kappa shape index (κ2) is 8.05. The number of methoxy groups -OCH3 is 1. The molecule has 3 N–H and O–H groups in total. The first kappa shape index (κ1) is 19.7. The predicted molar refractivity (Wildman–Crippen MR) is 118 cm³/mol. The van der Waals surface area contributed by atoms with Gasteiger partial charge >= 0.3 is 5.97 Å². The number of carbonyl (C=O) groups is 1. The first-order valence-corrected chi connectivity index (χ1v) is 9.84. The van der Waals surface area contributed by atoms with E-state index in [9.17, 15) is 9.90 Å². The van der Waals surface area contributed by atoms with Crippen LogP contribution in [0.5, 0.6) is 5.75 Å². The lowest BCUT2D eigenvalue weighted by atomic mass is 9.80. The Balaban J connectivity index is 1.98. The van der Waals surface area contributed by atoms with Crippen LogP contribution in [0.2, 0.25) is 0 Å². The van der Waals surface area contributed by atoms with Gasteiger partial charge in [0.1, 0.15) is 11.4 Å². The van der Waals surface area contributed by atoms with E-state index in [-0.39, 0.29) is 5.57 Å². The summed E-state index contributed by atoms with van der Waals surface area (Å²) in [5.41, 5.74) is 9.12. The highest BCUT2D eigenvalue weighted by molar-refractivity contribution is 6.01. The number of para-hydroxylation sites is 1. The molecule has 0 aliphatic carbocycles. The number of benzene rings is 3. The molecule has 1 unspecified atom stereocenters. The lowest BCUT2D eigenvalue weighted by molar-refractivity contribution is -0.133. The molecule has 0 saturated heterocycles. The van der Waals surface area contributed by atoms with E-state index in [0.717, 1.165) is 16.8 Å². The largest absolute Gasteiger partial charge is 0.497 e. The van der Waals surface area contributed by atoms with Gasteiger partial charge in [0.2, 0.25) is 0 Å². The molecule has 0 saturated carbocycles. The Hall–Kier alpha value is -3.57. The van der Waals surface area contributed by atoms with E-state index >= 15 is 0 Å². The standard InChI is InChI=1S/C25H24N2O3/c1-30-21-14-12-19(13-15-21)25(26)23(24(28)29)22(18-8-4-2-5-9-18)16-17-27(25)20-10-6-3-7-11-20/h2-15H,16-17,26H2,1H3,(H,28,29). The molecule has 0 fully saturated rings. The van der Waals surface area contributed by atoms with Crippen molar-refractivity contribution in [1.29, 1.82) is 0 Å². The van der Waals surface area contributed by atoms with E-state index in [1.165, 1.54) is 0 Å². The van der Waals surface area contributed by atoms with Gasteiger partial charge in [0.05, 0.1) is 12.7 Å². The van der Waals surface area contributed by atoms with E-state index in [4.69, 9.17) is 10.5 Å². The van der Waals surface area contributed by atoms with Crippen LogP contribution in [-0.4, -0.2) is 24.7 Å². The molecule has 0 aromatic heterocycles. The second-order valence-corrected chi connectivity index (χ2v) is 7.26. The van der Waals surface area contributed by atoms with Crippen molar-refractivity contribution in [2.24, 2.45) is 5.73 Å². The summed E-state index contributed by atoms with van der Waals surface area (Å²) < 4.78 is 5.28. The third-order valence-corrected chi connectivity index (χ3v) is 5.63. The average molecular weight is 400 g/mol. The van der Waals surface area contributed by atoms with Crippen molar-refractivity contribution in [3.63, 3.8) is 0 Å². The lowest BCUT2D eigenvalue weighted by Gasteiger charge is -2.47. The highest BCUT2D eigenvalue weighted by Crippen LogP contribution is 2.44. The smallest absolute Gasteiger partial charge is 0.336 e. The quantitative estimate of drug-likeness (QED) is 0.669. The van der Waals surface area contributed by atoms with Crippen LogP contribution < -0.4 is 15.4 Å². The lowest BCUT2D eigenvalue weighted by Crippen LogP contribution is -2.59. The van der Waals surface area contributed by atoms with Crippen LogP contribution in [0, 0.1) is 0 Å². The molecule has 0 spiro atoms. The number of anilines is 1. The van der Waals surface area contributed by atoms with Crippen LogP contribution in [0.25, 0.3) is 5.57 Å². The number of ether oxygens (including phenoxy) is 1. The maximum Gasteiger partial charge on any atom is 0.336 e. The maximum atomic E-state index is 12.6. The van der Waals surface area contributed by atoms with E-state index < -0.39 is 11.6 Å². The molecule has 4 rings (SSSR count). The number of nitrogens with two attached hydrogens (primary N) is 1. The van der Waals surface area contributed by atoms with E-state index in [2.05, 4.69) is 0 Å². The summed E-state index contributed by atoms with van der Waals surface area (Å²) >= 11 is 0. The Morgan fingerprint density at radius 3 is 2.13 bits per heavy atom. The molecule has 5 nitrogen and oxygen atoms in total.